The van der Waals surface area contributed by atoms with Crippen molar-refractivity contribution in [2.45, 2.75) is 20.0 Å². The van der Waals surface area contributed by atoms with Gasteiger partial charge in [0.1, 0.15) is 5.02 Å². The summed E-state index contributed by atoms with van der Waals surface area (Å²) in [4.78, 5) is 11.9. The number of hydrazine groups is 1. The minimum Gasteiger partial charge on any atom is -0.461 e. The summed E-state index contributed by atoms with van der Waals surface area (Å²) in [6, 6.07) is 5.04. The van der Waals surface area contributed by atoms with Crippen molar-refractivity contribution in [3.8, 4) is 17.8 Å². The number of nitrogens with two attached hydrogens (primary N) is 1. The molecule has 2 aromatic rings. The molecule has 0 atom stereocenters. The van der Waals surface area contributed by atoms with Gasteiger partial charge in [0, 0.05) is 0 Å². The van der Waals surface area contributed by atoms with Crippen LogP contribution in [0.3, 0.4) is 0 Å². The zero-order chi connectivity index (χ0) is 15.4. The predicted molar refractivity (Wildman–Crippen MR) is 79.9 cm³/mol. The highest BCUT2D eigenvalue weighted by Gasteiger charge is 2.13. The number of benzene rings is 1. The number of nitrogens with one attached hydrogen (secondary N) is 1. The van der Waals surface area contributed by atoms with Crippen LogP contribution in [-0.2, 0) is 0 Å². The molecule has 0 fully saturated rings. The van der Waals surface area contributed by atoms with E-state index in [1.54, 1.807) is 18.2 Å². The Morgan fingerprint density at radius 3 is 2.52 bits per heavy atom. The topological polar surface area (TPSA) is 95.2 Å². The molecule has 0 saturated carbocycles. The molecule has 0 radical (unpaired) electrons. The Morgan fingerprint density at radius 1 is 1.14 bits per heavy atom. The standard InChI is InChI=1S/C12H13Cl2N5O2/c1-6(2)20-11-16-10(19-15)17-12(18-11)21-8-5-3-4-7(13)9(8)14/h3-6H,15H2,1-2H3,(H,16,17,18,19). The van der Waals surface area contributed by atoms with E-state index in [0.717, 1.165) is 0 Å². The van der Waals surface area contributed by atoms with Crippen molar-refractivity contribution in [2.24, 2.45) is 5.84 Å². The summed E-state index contributed by atoms with van der Waals surface area (Å²) in [5.74, 6) is 5.72. The fraction of sp³-hybridized carbons (Fsp3) is 0.250. The van der Waals surface area contributed by atoms with Crippen molar-refractivity contribution in [1.82, 2.24) is 15.0 Å². The van der Waals surface area contributed by atoms with E-state index < -0.39 is 0 Å². The lowest BCUT2D eigenvalue weighted by molar-refractivity contribution is 0.218. The molecule has 0 unspecified atom stereocenters. The third-order valence-corrected chi connectivity index (χ3v) is 2.98. The Kier molecular flexibility index (Phi) is 5.00. The molecular weight excluding hydrogens is 317 g/mol. The molecule has 7 nitrogen and oxygen atoms in total. The van der Waals surface area contributed by atoms with Crippen LogP contribution in [0, 0.1) is 0 Å². The maximum Gasteiger partial charge on any atom is 0.330 e. The van der Waals surface area contributed by atoms with Crippen LogP contribution in [0.15, 0.2) is 18.2 Å². The van der Waals surface area contributed by atoms with Gasteiger partial charge in [0.15, 0.2) is 5.75 Å². The summed E-state index contributed by atoms with van der Waals surface area (Å²) < 4.78 is 10.9. The molecule has 0 spiro atoms. The van der Waals surface area contributed by atoms with Crippen LogP contribution in [0.25, 0.3) is 0 Å². The zero-order valence-electron chi connectivity index (χ0n) is 11.3. The summed E-state index contributed by atoms with van der Waals surface area (Å²) >= 11 is 12.0. The number of hydrogen-bond acceptors (Lipinski definition) is 7. The van der Waals surface area contributed by atoms with Gasteiger partial charge in [-0.3, -0.25) is 5.43 Å². The van der Waals surface area contributed by atoms with Gasteiger partial charge in [-0.05, 0) is 26.0 Å². The first kappa shape index (κ1) is 15.6. The molecule has 0 bridgehead atoms. The number of hydrogen-bond donors (Lipinski definition) is 2. The van der Waals surface area contributed by atoms with Crippen molar-refractivity contribution in [3.63, 3.8) is 0 Å². The second-order valence-corrected chi connectivity index (χ2v) is 4.97. The van der Waals surface area contributed by atoms with E-state index in [4.69, 9.17) is 38.5 Å². The third kappa shape index (κ3) is 4.07. The molecule has 0 amide bonds. The summed E-state index contributed by atoms with van der Waals surface area (Å²) in [5, 5.41) is 0.618. The molecule has 0 aliphatic heterocycles. The maximum atomic E-state index is 6.04. The number of aromatic nitrogens is 3. The summed E-state index contributed by atoms with van der Waals surface area (Å²) in [6.07, 6.45) is -0.111. The van der Waals surface area contributed by atoms with Crippen molar-refractivity contribution in [2.75, 3.05) is 5.43 Å². The first-order chi connectivity index (χ1) is 9.99. The Hall–Kier alpha value is -1.83. The average molecular weight is 330 g/mol. The molecule has 0 aliphatic carbocycles. The van der Waals surface area contributed by atoms with Gasteiger partial charge in [0.25, 0.3) is 0 Å². The van der Waals surface area contributed by atoms with Crippen LogP contribution in [0.5, 0.6) is 17.8 Å². The highest BCUT2D eigenvalue weighted by atomic mass is 35.5. The number of nitrogens with zero attached hydrogens (tertiary/aromatic N) is 3. The molecule has 1 aromatic carbocycles. The van der Waals surface area contributed by atoms with Crippen molar-refractivity contribution >= 4 is 29.2 Å². The summed E-state index contributed by atoms with van der Waals surface area (Å²) in [5.41, 5.74) is 2.31. The molecule has 0 saturated heterocycles. The lowest BCUT2D eigenvalue weighted by Gasteiger charge is -2.11. The highest BCUT2D eigenvalue weighted by Crippen LogP contribution is 2.33. The van der Waals surface area contributed by atoms with E-state index in [1.165, 1.54) is 0 Å². The number of rotatable bonds is 5. The normalized spacial score (nSPS) is 10.6. The quantitative estimate of drug-likeness (QED) is 0.642. The van der Waals surface area contributed by atoms with Gasteiger partial charge in [-0.15, -0.1) is 4.98 Å². The lowest BCUT2D eigenvalue weighted by atomic mass is 10.3. The maximum absolute atomic E-state index is 6.04. The SMILES string of the molecule is CC(C)Oc1nc(NN)nc(Oc2cccc(Cl)c2Cl)n1. The number of ether oxygens (including phenoxy) is 2. The predicted octanol–water partition coefficient (Wildman–Crippen LogP) is 3.04. The molecular formula is C12H13Cl2N5O2. The molecule has 2 rings (SSSR count). The smallest absolute Gasteiger partial charge is 0.330 e. The van der Waals surface area contributed by atoms with Gasteiger partial charge in [-0.1, -0.05) is 29.3 Å². The molecule has 3 N–H and O–H groups in total. The molecule has 1 aromatic heterocycles. The molecule has 112 valence electrons. The molecule has 21 heavy (non-hydrogen) atoms. The Labute approximate surface area is 131 Å². The van der Waals surface area contributed by atoms with Crippen molar-refractivity contribution in [3.05, 3.63) is 28.2 Å². The molecule has 0 aliphatic rings. The van der Waals surface area contributed by atoms with Crippen molar-refractivity contribution < 1.29 is 9.47 Å². The first-order valence-corrected chi connectivity index (χ1v) is 6.76. The van der Waals surface area contributed by atoms with Gasteiger partial charge >= 0.3 is 12.0 Å². The number of nitrogen functional groups attached to an aromatic ring is 1. The zero-order valence-corrected chi connectivity index (χ0v) is 12.8. The Balaban J connectivity index is 2.32. The second kappa shape index (κ2) is 6.75. The second-order valence-electron chi connectivity index (χ2n) is 4.19. The molecule has 9 heteroatoms. The minimum atomic E-state index is -0.111. The van der Waals surface area contributed by atoms with Crippen LogP contribution in [0.2, 0.25) is 10.0 Å². The van der Waals surface area contributed by atoms with Gasteiger partial charge < -0.3 is 9.47 Å². The first-order valence-electron chi connectivity index (χ1n) is 6.01. The van der Waals surface area contributed by atoms with E-state index in [2.05, 4.69) is 20.4 Å². The largest absolute Gasteiger partial charge is 0.461 e. The van der Waals surface area contributed by atoms with Gasteiger partial charge in [0.2, 0.25) is 5.95 Å². The Morgan fingerprint density at radius 2 is 1.86 bits per heavy atom. The lowest BCUT2D eigenvalue weighted by Crippen LogP contribution is -2.15. The average Bonchev–Trinajstić information content (AvgIpc) is 2.43. The van der Waals surface area contributed by atoms with Crippen LogP contribution < -0.4 is 20.7 Å². The number of anilines is 1. The van der Waals surface area contributed by atoms with Crippen LogP contribution in [-0.4, -0.2) is 21.1 Å². The van der Waals surface area contributed by atoms with Gasteiger partial charge in [0.05, 0.1) is 11.1 Å². The van der Waals surface area contributed by atoms with E-state index in [0.29, 0.717) is 10.8 Å². The third-order valence-electron chi connectivity index (χ3n) is 2.18. The van der Waals surface area contributed by atoms with Gasteiger partial charge in [-0.2, -0.15) is 9.97 Å². The summed E-state index contributed by atoms with van der Waals surface area (Å²) in [7, 11) is 0. The van der Waals surface area contributed by atoms with Crippen LogP contribution >= 0.6 is 23.2 Å². The van der Waals surface area contributed by atoms with Crippen molar-refractivity contribution in [1.29, 1.82) is 0 Å². The summed E-state index contributed by atoms with van der Waals surface area (Å²) in [6.45, 7) is 3.68. The van der Waals surface area contributed by atoms with E-state index in [-0.39, 0.29) is 29.1 Å². The van der Waals surface area contributed by atoms with Crippen LogP contribution in [0.1, 0.15) is 13.8 Å². The van der Waals surface area contributed by atoms with Gasteiger partial charge in [-0.25, -0.2) is 5.84 Å². The Bertz CT molecular complexity index is 639. The van der Waals surface area contributed by atoms with E-state index in [9.17, 15) is 0 Å². The fourth-order valence-corrected chi connectivity index (χ4v) is 1.70. The van der Waals surface area contributed by atoms with E-state index >= 15 is 0 Å². The molecule has 1 heterocycles. The monoisotopic (exact) mass is 329 g/mol. The fourth-order valence-electron chi connectivity index (χ4n) is 1.37. The van der Waals surface area contributed by atoms with Crippen LogP contribution in [0.4, 0.5) is 5.95 Å². The minimum absolute atomic E-state index is 0.0160. The number of halogens is 2. The van der Waals surface area contributed by atoms with E-state index in [1.807, 2.05) is 13.8 Å². The highest BCUT2D eigenvalue weighted by molar-refractivity contribution is 6.42.